The Labute approximate surface area is 228 Å². The summed E-state index contributed by atoms with van der Waals surface area (Å²) in [5, 5.41) is 8.89. The van der Waals surface area contributed by atoms with Gasteiger partial charge in [-0.2, -0.15) is 0 Å². The van der Waals surface area contributed by atoms with Crippen LogP contribution in [0.4, 0.5) is 14.5 Å². The summed E-state index contributed by atoms with van der Waals surface area (Å²) in [4.78, 5) is 15.7. The fourth-order valence-electron chi connectivity index (χ4n) is 4.33. The van der Waals surface area contributed by atoms with Crippen LogP contribution in [-0.4, -0.2) is 52.3 Å². The zero-order valence-electron chi connectivity index (χ0n) is 21.0. The van der Waals surface area contributed by atoms with Gasteiger partial charge in [-0.05, 0) is 25.1 Å². The van der Waals surface area contributed by atoms with Crippen LogP contribution in [0, 0.1) is 31.0 Å². The van der Waals surface area contributed by atoms with Crippen LogP contribution < -0.4 is 0 Å². The maximum atomic E-state index is 14.2. The van der Waals surface area contributed by atoms with Crippen molar-refractivity contribution in [2.45, 2.75) is 49.4 Å². The highest BCUT2D eigenvalue weighted by molar-refractivity contribution is 8.00. The standard InChI is InChI=1S/C26H25ClF2N4O4S/c1-13-18(28)8-16(9-19(13)29)21-11-33(32-31-21)24-14(2)22(12-36-15(3)34)37-26(25(24)35-5)38-23-10-17(27)6-7-20(23)30-4/h6-11,14,22,24-26H,12H2,1-3,5H3/t14-,22?,24-,25?,26+/m0/s1. The lowest BCUT2D eigenvalue weighted by Crippen LogP contribution is -2.52. The van der Waals surface area contributed by atoms with E-state index >= 15 is 0 Å². The SMILES string of the molecule is [C-]#[N+]c1ccc(Cl)cc1S[C@H]1OC(COC(C)=O)[C@H](C)[C@H](n2cc(-c3cc(F)c(C)c(F)c3)nn2)C1OC. The van der Waals surface area contributed by atoms with Gasteiger partial charge in [0.05, 0.1) is 24.9 Å². The molecular formula is C26H25ClF2N4O4S. The van der Waals surface area contributed by atoms with Gasteiger partial charge in [-0.3, -0.25) is 4.79 Å². The average molecular weight is 563 g/mol. The molecule has 4 rings (SSSR count). The Hall–Kier alpha value is -3.04. The number of halogens is 3. The number of benzene rings is 2. The van der Waals surface area contributed by atoms with Crippen LogP contribution in [0.1, 0.15) is 25.5 Å². The Bertz CT molecular complexity index is 1360. The van der Waals surface area contributed by atoms with E-state index in [9.17, 15) is 13.6 Å². The Balaban J connectivity index is 1.72. The van der Waals surface area contributed by atoms with Crippen molar-refractivity contribution in [1.29, 1.82) is 0 Å². The first-order valence-corrected chi connectivity index (χ1v) is 12.9. The number of carbonyl (C=O) groups is 1. The number of nitrogens with zero attached hydrogens (tertiary/aromatic N) is 4. The van der Waals surface area contributed by atoms with Gasteiger partial charge in [0.2, 0.25) is 5.69 Å². The van der Waals surface area contributed by atoms with Crippen LogP contribution in [0.2, 0.25) is 5.02 Å². The van der Waals surface area contributed by atoms with Crippen LogP contribution in [0.5, 0.6) is 0 Å². The van der Waals surface area contributed by atoms with E-state index in [1.807, 2.05) is 6.92 Å². The smallest absolute Gasteiger partial charge is 0.302 e. The van der Waals surface area contributed by atoms with Crippen molar-refractivity contribution < 1.29 is 27.8 Å². The first-order chi connectivity index (χ1) is 18.1. The van der Waals surface area contributed by atoms with Crippen LogP contribution in [0.25, 0.3) is 16.1 Å². The zero-order chi connectivity index (χ0) is 27.6. The van der Waals surface area contributed by atoms with E-state index in [4.69, 9.17) is 32.4 Å². The molecule has 3 aromatic rings. The molecule has 0 N–H and O–H groups in total. The number of hydrogen-bond acceptors (Lipinski definition) is 7. The van der Waals surface area contributed by atoms with Gasteiger partial charge in [0.25, 0.3) is 0 Å². The Morgan fingerprint density at radius 2 is 2.00 bits per heavy atom. The lowest BCUT2D eigenvalue weighted by atomic mass is 9.89. The molecule has 0 amide bonds. The average Bonchev–Trinajstić information content (AvgIpc) is 3.36. The number of thioether (sulfide) groups is 1. The first-order valence-electron chi connectivity index (χ1n) is 11.7. The summed E-state index contributed by atoms with van der Waals surface area (Å²) < 4.78 is 47.5. The fourth-order valence-corrected chi connectivity index (χ4v) is 5.85. The second-order valence-corrected chi connectivity index (χ2v) is 10.5. The van der Waals surface area contributed by atoms with Crippen molar-refractivity contribution in [3.63, 3.8) is 0 Å². The van der Waals surface area contributed by atoms with Crippen LogP contribution >= 0.6 is 23.4 Å². The Kier molecular flexibility index (Phi) is 8.67. The summed E-state index contributed by atoms with van der Waals surface area (Å²) in [7, 11) is 1.53. The molecule has 1 saturated heterocycles. The molecule has 0 aliphatic carbocycles. The zero-order valence-corrected chi connectivity index (χ0v) is 22.6. The van der Waals surface area contributed by atoms with Crippen molar-refractivity contribution in [3.8, 4) is 11.3 Å². The van der Waals surface area contributed by atoms with Crippen molar-refractivity contribution in [3.05, 3.63) is 70.2 Å². The monoisotopic (exact) mass is 562 g/mol. The summed E-state index contributed by atoms with van der Waals surface area (Å²) in [5.41, 5.74) is 0.195. The van der Waals surface area contributed by atoms with Gasteiger partial charge >= 0.3 is 5.97 Å². The van der Waals surface area contributed by atoms with Crippen molar-refractivity contribution in [2.24, 2.45) is 5.92 Å². The molecule has 38 heavy (non-hydrogen) atoms. The minimum atomic E-state index is -0.682. The summed E-state index contributed by atoms with van der Waals surface area (Å²) in [6, 6.07) is 6.89. The molecule has 0 spiro atoms. The van der Waals surface area contributed by atoms with Crippen LogP contribution in [-0.2, 0) is 19.0 Å². The number of rotatable bonds is 7. The third-order valence-corrected chi connectivity index (χ3v) is 7.87. The molecule has 1 aromatic heterocycles. The second kappa shape index (κ2) is 11.8. The maximum absolute atomic E-state index is 14.2. The Morgan fingerprint density at radius 3 is 2.63 bits per heavy atom. The van der Waals surface area contributed by atoms with Gasteiger partial charge in [-0.1, -0.05) is 35.9 Å². The molecule has 8 nitrogen and oxygen atoms in total. The van der Waals surface area contributed by atoms with Crippen molar-refractivity contribution in [2.75, 3.05) is 13.7 Å². The number of aromatic nitrogens is 3. The highest BCUT2D eigenvalue weighted by Crippen LogP contribution is 2.45. The van der Waals surface area contributed by atoms with Gasteiger partial charge < -0.3 is 14.2 Å². The fraction of sp³-hybridized carbons (Fsp3) is 0.385. The summed E-state index contributed by atoms with van der Waals surface area (Å²) in [6.07, 6.45) is 0.448. The van der Waals surface area contributed by atoms with Gasteiger partial charge in [0.15, 0.2) is 0 Å². The first kappa shape index (κ1) is 28.0. The topological polar surface area (TPSA) is 79.8 Å². The molecule has 1 fully saturated rings. The van der Waals surface area contributed by atoms with E-state index in [1.54, 1.807) is 29.1 Å². The van der Waals surface area contributed by atoms with E-state index < -0.39 is 41.3 Å². The van der Waals surface area contributed by atoms with E-state index in [1.165, 1.54) is 44.9 Å². The van der Waals surface area contributed by atoms with Crippen molar-refractivity contribution in [1.82, 2.24) is 15.0 Å². The van der Waals surface area contributed by atoms with Gasteiger partial charge in [0, 0.05) is 41.0 Å². The molecule has 5 atom stereocenters. The highest BCUT2D eigenvalue weighted by Gasteiger charge is 2.46. The molecule has 0 radical (unpaired) electrons. The molecule has 2 unspecified atom stereocenters. The third-order valence-electron chi connectivity index (χ3n) is 6.44. The summed E-state index contributed by atoms with van der Waals surface area (Å²) in [6.45, 7) is 12.1. The molecule has 1 aliphatic rings. The minimum Gasteiger partial charge on any atom is -0.463 e. The third kappa shape index (κ3) is 5.83. The number of methoxy groups -OCH3 is 1. The highest BCUT2D eigenvalue weighted by atomic mass is 35.5. The van der Waals surface area contributed by atoms with Crippen molar-refractivity contribution >= 4 is 35.0 Å². The summed E-state index contributed by atoms with van der Waals surface area (Å²) in [5.74, 6) is -2.10. The maximum Gasteiger partial charge on any atom is 0.302 e. The second-order valence-electron chi connectivity index (χ2n) is 8.89. The molecule has 2 aromatic carbocycles. The van der Waals surface area contributed by atoms with Gasteiger partial charge in [0.1, 0.15) is 35.5 Å². The molecule has 200 valence electrons. The quantitative estimate of drug-likeness (QED) is 0.258. The molecular weight excluding hydrogens is 538 g/mol. The van der Waals surface area contributed by atoms with Crippen LogP contribution in [0.3, 0.4) is 0 Å². The Morgan fingerprint density at radius 1 is 1.29 bits per heavy atom. The number of carbonyl (C=O) groups excluding carboxylic acids is 1. The predicted octanol–water partition coefficient (Wildman–Crippen LogP) is 6.01. The lowest BCUT2D eigenvalue weighted by molar-refractivity contribution is -0.171. The molecule has 0 saturated carbocycles. The molecule has 2 heterocycles. The number of esters is 1. The van der Waals surface area contributed by atoms with Crippen LogP contribution in [0.15, 0.2) is 41.4 Å². The predicted molar refractivity (Wildman–Crippen MR) is 138 cm³/mol. The largest absolute Gasteiger partial charge is 0.463 e. The lowest BCUT2D eigenvalue weighted by Gasteiger charge is -2.44. The number of ether oxygens (including phenoxy) is 3. The van der Waals surface area contributed by atoms with Gasteiger partial charge in [-0.25, -0.2) is 18.3 Å². The normalized spacial score (nSPS) is 23.2. The van der Waals surface area contributed by atoms with E-state index in [0.29, 0.717) is 15.6 Å². The number of hydrogen-bond donors (Lipinski definition) is 0. The molecule has 1 aliphatic heterocycles. The minimum absolute atomic E-state index is 0.0122. The summed E-state index contributed by atoms with van der Waals surface area (Å²) >= 11 is 7.46. The van der Waals surface area contributed by atoms with E-state index in [2.05, 4.69) is 15.2 Å². The molecule has 0 bridgehead atoms. The molecule has 12 heteroatoms. The van der Waals surface area contributed by atoms with Gasteiger partial charge in [-0.15, -0.1) is 16.9 Å². The van der Waals surface area contributed by atoms with E-state index in [0.717, 1.165) is 0 Å². The van der Waals surface area contributed by atoms with E-state index in [-0.39, 0.29) is 29.3 Å².